The fraction of sp³-hybridized carbons (Fsp3) is 0.0789. The molecule has 2 atom stereocenters. The summed E-state index contributed by atoms with van der Waals surface area (Å²) in [7, 11) is -21.0. The van der Waals surface area contributed by atoms with Gasteiger partial charge in [-0.2, -0.15) is 10.2 Å². The number of phenolic OH excluding ortho intramolecular Hbond substituents is 2. The van der Waals surface area contributed by atoms with Gasteiger partial charge in [-0.1, -0.05) is 109 Å². The van der Waals surface area contributed by atoms with Crippen molar-refractivity contribution < 1.29 is 86.0 Å². The van der Waals surface area contributed by atoms with Crippen LogP contribution in [-0.4, -0.2) is 157 Å². The average molecular weight is 2080 g/mol. The summed E-state index contributed by atoms with van der Waals surface area (Å²) in [5.74, 6) is -3.94. The van der Waals surface area contributed by atoms with Crippen LogP contribution in [0.25, 0.3) is 45.8 Å². The van der Waals surface area contributed by atoms with E-state index in [0.717, 1.165) is 70.1 Å². The maximum Gasteiger partial charge on any atom is 0.272 e. The van der Waals surface area contributed by atoms with Crippen LogP contribution in [0.4, 0.5) is 34.1 Å². The molecule has 10 rings (SSSR count). The fourth-order valence-corrected chi connectivity index (χ4v) is 17.0. The van der Waals surface area contributed by atoms with Gasteiger partial charge in [-0.25, -0.2) is 44.5 Å². The van der Waals surface area contributed by atoms with Crippen molar-refractivity contribution in [3.05, 3.63) is 233 Å². The first-order valence-corrected chi connectivity index (χ1v) is 45.4. The van der Waals surface area contributed by atoms with Crippen molar-refractivity contribution in [3.8, 4) is 11.5 Å². The van der Waals surface area contributed by atoms with Gasteiger partial charge in [0.05, 0.1) is 63.1 Å². The number of aromatic hydroxyl groups is 2. The van der Waals surface area contributed by atoms with Crippen molar-refractivity contribution in [2.24, 2.45) is 10.2 Å². The van der Waals surface area contributed by atoms with Gasteiger partial charge in [-0.3, -0.25) is 40.9 Å². The molecular formula is C76H62Br4N16O19S8-4. The Bertz CT molecular complexity index is 6050. The number of nitrogens with one attached hydrogen (secondary N) is 14. The standard InChI is InChI=1S/C76H66Br4N16O19S8/c77-57-29-41(30-58(78)67(57)97)39-83-91-69(99)65(85-51-19-13-43-5-1-3-7-49(43)33-51)71(101)93-95-75(118)89-55-23-17-47(63(37-55)122(109,110)111)11-9-45-15-21-53(35-61(45)120(103,104)105)87-73(116)81-25-27-115-28-26-82-74(117)88-54-22-16-46(62(36-54)121(106,107)108)10-12-48-18-24-56(38-64(48)123(112,113)114)90-76(119)96-94-72(102)66(86-52-20-14-44-6-2-4-8-50(44)34-52)70(100)92-84-40-42-31-59(79)68(98)60(80)32-42/h1-24,29-40,65-66,85-86,97-98H,25-28H2,(H,91,99)(H,92,100)(H,93,101)(H,94,102)(H2,81,87,116)(H2,82,88,117)(H2,89,95,118)(H2,90,96,119)(H,103,104,105)(H,106,107,108)(H,109,110,111)(H,112,113,114)/p-4/b11-9+,12-10+,83-39+,84-40+. The zero-order chi connectivity index (χ0) is 89.1. The van der Waals surface area contributed by atoms with Gasteiger partial charge in [-0.15, -0.1) is 0 Å². The molecule has 35 nitrogen and oxygen atoms in total. The number of anilines is 6. The molecule has 4 amide bonds. The van der Waals surface area contributed by atoms with Crippen LogP contribution in [0.1, 0.15) is 33.4 Å². The monoisotopic (exact) mass is 2070 g/mol. The highest BCUT2D eigenvalue weighted by atomic mass is 79.9. The van der Waals surface area contributed by atoms with Gasteiger partial charge >= 0.3 is 0 Å². The van der Waals surface area contributed by atoms with Crippen LogP contribution in [0.3, 0.4) is 0 Å². The molecule has 0 saturated heterocycles. The lowest BCUT2D eigenvalue weighted by Gasteiger charge is -2.20. The van der Waals surface area contributed by atoms with Gasteiger partial charge in [0.1, 0.15) is 52.0 Å². The zero-order valence-corrected chi connectivity index (χ0v) is 75.2. The molecule has 640 valence electrons. The molecule has 16 N–H and O–H groups in total. The highest BCUT2D eigenvalue weighted by molar-refractivity contribution is 9.11. The molecule has 2 unspecified atom stereocenters. The van der Waals surface area contributed by atoms with Crippen molar-refractivity contribution in [2.75, 3.05) is 58.2 Å². The summed E-state index contributed by atoms with van der Waals surface area (Å²) in [5, 5.41) is 52.8. The van der Waals surface area contributed by atoms with Crippen LogP contribution in [-0.2, 0) is 64.4 Å². The molecule has 10 aromatic rings. The first-order chi connectivity index (χ1) is 58.2. The predicted molar refractivity (Wildman–Crippen MR) is 491 cm³/mol. The number of hydrazone groups is 2. The van der Waals surface area contributed by atoms with E-state index in [-0.39, 0.29) is 103 Å². The van der Waals surface area contributed by atoms with Crippen LogP contribution in [0.5, 0.6) is 11.5 Å². The number of halogens is 4. The fourth-order valence-electron chi connectivity index (χ4n) is 11.0. The number of carbonyl (C=O) groups excluding carboxylic acids is 4. The van der Waals surface area contributed by atoms with Crippen LogP contribution < -0.4 is 75.1 Å². The van der Waals surface area contributed by atoms with E-state index in [0.29, 0.717) is 40.4 Å². The lowest BCUT2D eigenvalue weighted by atomic mass is 10.1. The number of benzene rings is 10. The molecule has 0 saturated carbocycles. The second-order valence-corrected chi connectivity index (χ2v) is 35.9. The minimum atomic E-state index is -5.29. The summed E-state index contributed by atoms with van der Waals surface area (Å²) in [6, 6.07) is 41.5. The van der Waals surface area contributed by atoms with Gasteiger partial charge in [0, 0.05) is 47.2 Å². The number of phenols is 2. The number of thiocarbonyl (C=S) groups is 4. The highest BCUT2D eigenvalue weighted by Gasteiger charge is 2.29. The largest absolute Gasteiger partial charge is 0.744 e. The van der Waals surface area contributed by atoms with E-state index >= 15 is 0 Å². The van der Waals surface area contributed by atoms with Gasteiger partial charge in [0.25, 0.3) is 23.6 Å². The van der Waals surface area contributed by atoms with E-state index in [4.69, 9.17) is 53.6 Å². The topological polar surface area (TPSA) is 540 Å². The van der Waals surface area contributed by atoms with Crippen molar-refractivity contribution in [1.29, 1.82) is 0 Å². The molecule has 10 aromatic carbocycles. The average Bonchev–Trinajstić information content (AvgIpc) is 0.802. The van der Waals surface area contributed by atoms with Gasteiger partial charge in [-0.05, 0) is 265 Å². The quantitative estimate of drug-likeness (QED) is 0.00379. The van der Waals surface area contributed by atoms with Crippen molar-refractivity contribution in [1.82, 2.24) is 43.2 Å². The second-order valence-electron chi connectivity index (χ2n) is 25.4. The Labute approximate surface area is 756 Å². The molecule has 0 radical (unpaired) electrons. The molecule has 0 heterocycles. The van der Waals surface area contributed by atoms with Crippen LogP contribution >= 0.6 is 113 Å². The molecule has 47 heteroatoms. The molecular weight excluding hydrogens is 2020 g/mol. The van der Waals surface area contributed by atoms with Crippen LogP contribution in [0.15, 0.2) is 230 Å². The first-order valence-electron chi connectivity index (χ1n) is 34.9. The number of hydrogen-bond donors (Lipinski definition) is 16. The highest BCUT2D eigenvalue weighted by Crippen LogP contribution is 2.35. The summed E-state index contributed by atoms with van der Waals surface area (Å²) in [6.07, 6.45) is 6.86. The summed E-state index contributed by atoms with van der Waals surface area (Å²) in [5.41, 5.74) is 14.6. The predicted octanol–water partition coefficient (Wildman–Crippen LogP) is 9.60. The van der Waals surface area contributed by atoms with Gasteiger partial charge < -0.3 is 75.7 Å². The first kappa shape index (κ1) is 94.2. The van der Waals surface area contributed by atoms with E-state index < -0.39 is 95.8 Å². The molecule has 0 aliphatic heterocycles. The van der Waals surface area contributed by atoms with Crippen LogP contribution in [0, 0.1) is 0 Å². The number of carbonyl (C=O) groups is 4. The molecule has 0 spiro atoms. The summed E-state index contributed by atoms with van der Waals surface area (Å²) in [6.45, 7) is 0.248. The number of ether oxygens (including phenoxy) is 1. The maximum absolute atomic E-state index is 13.7. The van der Waals surface area contributed by atoms with E-state index in [1.807, 2.05) is 36.4 Å². The molecule has 0 bridgehead atoms. The molecule has 0 aliphatic rings. The summed E-state index contributed by atoms with van der Waals surface area (Å²) < 4.78 is 159. The molecule has 0 aliphatic carbocycles. The molecule has 0 fully saturated rings. The van der Waals surface area contributed by atoms with Crippen molar-refractivity contribution in [2.45, 2.75) is 31.7 Å². The Balaban J connectivity index is 0.676. The normalized spacial score (nSPS) is 12.3. The second kappa shape index (κ2) is 42.3. The third-order valence-corrected chi connectivity index (χ3v) is 23.6. The van der Waals surface area contributed by atoms with E-state index in [2.05, 4.69) is 149 Å². The summed E-state index contributed by atoms with van der Waals surface area (Å²) in [4.78, 5) is 51.4. The number of hydrogen-bond acceptors (Lipinski definition) is 27. The number of amides is 4. The Kier molecular flexibility index (Phi) is 32.4. The van der Waals surface area contributed by atoms with Gasteiger partial charge in [0.2, 0.25) is 0 Å². The Morgan fingerprint density at radius 2 is 0.659 bits per heavy atom. The number of hydrazine groups is 2. The lowest BCUT2D eigenvalue weighted by Crippen LogP contribution is -2.54. The smallest absolute Gasteiger partial charge is 0.272 e. The summed E-state index contributed by atoms with van der Waals surface area (Å²) >= 11 is 34.3. The Morgan fingerprint density at radius 1 is 0.374 bits per heavy atom. The number of nitrogens with zero attached hydrogens (tertiary/aromatic N) is 2. The number of rotatable bonds is 30. The van der Waals surface area contributed by atoms with Crippen molar-refractivity contribution in [3.63, 3.8) is 0 Å². The Morgan fingerprint density at radius 3 is 0.959 bits per heavy atom. The van der Waals surface area contributed by atoms with E-state index in [9.17, 15) is 81.3 Å². The van der Waals surface area contributed by atoms with Gasteiger partial charge in [0.15, 0.2) is 32.5 Å². The minimum absolute atomic E-state index is 0.0327. The molecule has 123 heavy (non-hydrogen) atoms. The zero-order valence-electron chi connectivity index (χ0n) is 62.3. The Hall–Kier alpha value is -11.1. The molecule has 0 aromatic heterocycles. The number of fused-ring (bicyclic) bond motifs is 2. The van der Waals surface area contributed by atoms with E-state index in [1.165, 1.54) is 85.2 Å². The third-order valence-electron chi connectivity index (χ3n) is 16.7. The minimum Gasteiger partial charge on any atom is -0.744 e. The van der Waals surface area contributed by atoms with Crippen LogP contribution in [0.2, 0.25) is 0 Å². The van der Waals surface area contributed by atoms with Crippen molar-refractivity contribution >= 4 is 290 Å². The third kappa shape index (κ3) is 27.4. The lowest BCUT2D eigenvalue weighted by molar-refractivity contribution is -0.132. The SMILES string of the molecule is O=C(N/N=C/c1cc(Br)c(O)c(Br)c1)C(Nc1ccc2ccccc2c1)C(=O)NNC(=S)Nc1ccc(/C=C/c2ccc(NC(=S)NCCOCCNC(=S)Nc3ccc(/C=C/c4ccc(NC(=S)NNC(=O)C(Nc5ccc6ccccc6c5)C(=O)N/N=C/c5cc(Br)c(O)c(Br)c5)cc4S(=O)(=O)[O-])c(S(=O)(=O)[O-])c3)cc2S(=O)(=O)[O-])c(S(=O)(=O)[O-])c1. The maximum atomic E-state index is 13.7. The van der Waals surface area contributed by atoms with E-state index in [1.54, 1.807) is 48.5 Å².